The van der Waals surface area contributed by atoms with Gasteiger partial charge in [0.2, 0.25) is 0 Å². The third kappa shape index (κ3) is 4.26. The number of hydrogen-bond acceptors (Lipinski definition) is 3. The van der Waals surface area contributed by atoms with Crippen molar-refractivity contribution in [3.05, 3.63) is 23.0 Å². The van der Waals surface area contributed by atoms with E-state index < -0.39 is 5.97 Å². The summed E-state index contributed by atoms with van der Waals surface area (Å²) in [4.78, 5) is 11.3. The van der Waals surface area contributed by atoms with Gasteiger partial charge in [-0.05, 0) is 104 Å². The molecule has 0 amide bonds. The van der Waals surface area contributed by atoms with Crippen LogP contribution in [-0.4, -0.2) is 26.1 Å². The zero-order valence-corrected chi connectivity index (χ0v) is 23.6. The Balaban J connectivity index is 1.31. The van der Waals surface area contributed by atoms with Crippen LogP contribution in [0.2, 0.25) is 0 Å². The van der Waals surface area contributed by atoms with Gasteiger partial charge in [0, 0.05) is 0 Å². The highest BCUT2D eigenvalue weighted by atomic mass is 16.4. The molecule has 0 bridgehead atoms. The summed E-state index contributed by atoms with van der Waals surface area (Å²) >= 11 is 0. The first kappa shape index (κ1) is 26.0. The largest absolute Gasteiger partial charge is 0.476 e. The number of hydrogen-bond donors (Lipinski definition) is 1. The van der Waals surface area contributed by atoms with Gasteiger partial charge in [0.1, 0.15) is 0 Å². The molecule has 0 unspecified atom stereocenters. The van der Waals surface area contributed by atoms with E-state index in [4.69, 9.17) is 0 Å². The van der Waals surface area contributed by atoms with E-state index in [2.05, 4.69) is 51.9 Å². The smallest absolute Gasteiger partial charge is 0.358 e. The number of nitrogens with zero attached hydrogens (tertiary/aromatic N) is 3. The SMILES string of the molecule is CC(C)[C@@H](C)CC[C@@H](C)[C@H]1CCC2=C3CC[C@H]4C[C@H](n5cc(C(=O)O)nn5)CC[C@]4(C)[C@H]3CC[C@@]21C. The van der Waals surface area contributed by atoms with E-state index in [0.717, 1.165) is 42.4 Å². The predicted molar refractivity (Wildman–Crippen MR) is 144 cm³/mol. The molecule has 1 N–H and O–H groups in total. The van der Waals surface area contributed by atoms with Gasteiger partial charge in [-0.15, -0.1) is 5.10 Å². The number of carboxylic acids is 1. The summed E-state index contributed by atoms with van der Waals surface area (Å²) in [7, 11) is 0. The van der Waals surface area contributed by atoms with Gasteiger partial charge in [-0.2, -0.15) is 0 Å². The van der Waals surface area contributed by atoms with Crippen LogP contribution in [0.3, 0.4) is 0 Å². The first-order chi connectivity index (χ1) is 17.0. The molecule has 0 aromatic carbocycles. The van der Waals surface area contributed by atoms with Crippen LogP contribution >= 0.6 is 0 Å². The second-order valence-corrected chi connectivity index (χ2v) is 14.0. The summed E-state index contributed by atoms with van der Waals surface area (Å²) in [5.41, 5.74) is 4.64. The normalized spacial score (nSPS) is 37.9. The van der Waals surface area contributed by atoms with Crippen molar-refractivity contribution in [3.8, 4) is 0 Å². The van der Waals surface area contributed by atoms with E-state index in [0.29, 0.717) is 16.7 Å². The van der Waals surface area contributed by atoms with Crippen LogP contribution in [0.15, 0.2) is 17.3 Å². The molecule has 1 heterocycles. The Hall–Kier alpha value is -1.65. The van der Waals surface area contributed by atoms with Crippen LogP contribution in [0.1, 0.15) is 129 Å². The van der Waals surface area contributed by atoms with E-state index >= 15 is 0 Å². The number of carbonyl (C=O) groups is 1. The van der Waals surface area contributed by atoms with Crippen molar-refractivity contribution in [2.75, 3.05) is 0 Å². The second-order valence-electron chi connectivity index (χ2n) is 14.0. The van der Waals surface area contributed by atoms with E-state index in [-0.39, 0.29) is 11.7 Å². The van der Waals surface area contributed by atoms with Crippen LogP contribution in [0, 0.1) is 46.3 Å². The quantitative estimate of drug-likeness (QED) is 0.390. The average Bonchev–Trinajstić information content (AvgIpc) is 3.46. The van der Waals surface area contributed by atoms with Crippen molar-refractivity contribution in [1.82, 2.24) is 15.0 Å². The standard InChI is InChI=1S/C31H49N3O2/c1-19(2)20(3)7-8-21(4)25-11-12-26-24-10-9-22-17-23(34-18-28(29(35)36)32-33-34)13-15-30(22,5)27(24)14-16-31(25,26)6/h18-23,25,27H,7-17H2,1-6H3,(H,35,36)/t20-,21+,22-,23+,25+,27-,30-,31+/m0/s1. The molecule has 8 atom stereocenters. The summed E-state index contributed by atoms with van der Waals surface area (Å²) in [6, 6.07) is 0.289. The molecule has 5 nitrogen and oxygen atoms in total. The lowest BCUT2D eigenvalue weighted by Crippen LogP contribution is -2.47. The van der Waals surface area contributed by atoms with Gasteiger partial charge in [0.05, 0.1) is 12.2 Å². The molecule has 4 aliphatic rings. The van der Waals surface area contributed by atoms with Crippen molar-refractivity contribution in [1.29, 1.82) is 0 Å². The highest BCUT2D eigenvalue weighted by Gasteiger charge is 2.55. The molecule has 0 aliphatic heterocycles. The topological polar surface area (TPSA) is 68.0 Å². The van der Waals surface area contributed by atoms with E-state index in [9.17, 15) is 9.90 Å². The third-order valence-corrected chi connectivity index (χ3v) is 12.0. The molecule has 36 heavy (non-hydrogen) atoms. The minimum atomic E-state index is -0.986. The maximum atomic E-state index is 11.3. The molecule has 5 heteroatoms. The van der Waals surface area contributed by atoms with E-state index in [1.807, 2.05) is 15.8 Å². The molecule has 4 aliphatic carbocycles. The number of aromatic nitrogens is 3. The van der Waals surface area contributed by atoms with Crippen LogP contribution in [-0.2, 0) is 0 Å². The third-order valence-electron chi connectivity index (χ3n) is 12.0. The molecular weight excluding hydrogens is 446 g/mol. The maximum absolute atomic E-state index is 11.3. The number of rotatable bonds is 7. The van der Waals surface area contributed by atoms with Gasteiger partial charge >= 0.3 is 5.97 Å². The Morgan fingerprint density at radius 3 is 2.56 bits per heavy atom. The summed E-state index contributed by atoms with van der Waals surface area (Å²) < 4.78 is 1.85. The molecule has 5 rings (SSSR count). The average molecular weight is 496 g/mol. The van der Waals surface area contributed by atoms with Crippen molar-refractivity contribution >= 4 is 5.97 Å². The number of fused-ring (bicyclic) bond motifs is 4. The maximum Gasteiger partial charge on any atom is 0.358 e. The lowest BCUT2D eigenvalue weighted by Gasteiger charge is -2.57. The fourth-order valence-corrected chi connectivity index (χ4v) is 9.27. The first-order valence-corrected chi connectivity index (χ1v) is 14.9. The predicted octanol–water partition coefficient (Wildman–Crippen LogP) is 7.95. The Kier molecular flexibility index (Phi) is 6.91. The Labute approximate surface area is 218 Å². The van der Waals surface area contributed by atoms with Crippen LogP contribution < -0.4 is 0 Å². The molecule has 0 spiro atoms. The number of aromatic carboxylic acids is 1. The van der Waals surface area contributed by atoms with E-state index in [1.54, 1.807) is 6.20 Å². The van der Waals surface area contributed by atoms with Gasteiger partial charge in [0.25, 0.3) is 0 Å². The van der Waals surface area contributed by atoms with Crippen LogP contribution in [0.5, 0.6) is 0 Å². The van der Waals surface area contributed by atoms with Crippen molar-refractivity contribution < 1.29 is 9.90 Å². The van der Waals surface area contributed by atoms with Crippen LogP contribution in [0.25, 0.3) is 0 Å². The molecule has 1 aromatic heterocycles. The van der Waals surface area contributed by atoms with Gasteiger partial charge in [-0.25, -0.2) is 9.48 Å². The van der Waals surface area contributed by atoms with Gasteiger partial charge in [-0.3, -0.25) is 0 Å². The van der Waals surface area contributed by atoms with E-state index in [1.165, 1.54) is 57.8 Å². The lowest BCUT2D eigenvalue weighted by molar-refractivity contribution is -0.00882. The zero-order valence-electron chi connectivity index (χ0n) is 23.6. The fraction of sp³-hybridized carbons (Fsp3) is 0.839. The highest BCUT2D eigenvalue weighted by molar-refractivity contribution is 5.84. The summed E-state index contributed by atoms with van der Waals surface area (Å²) in [5, 5.41) is 17.3. The first-order valence-electron chi connectivity index (χ1n) is 14.9. The molecule has 200 valence electrons. The number of carboxylic acid groups (broad SMARTS) is 1. The summed E-state index contributed by atoms with van der Waals surface area (Å²) in [5.74, 6) is 3.76. The second kappa shape index (κ2) is 9.58. The minimum Gasteiger partial charge on any atom is -0.476 e. The number of allylic oxidation sites excluding steroid dienone is 2. The molecule has 3 saturated carbocycles. The molecular formula is C31H49N3O2. The summed E-state index contributed by atoms with van der Waals surface area (Å²) in [6.07, 6.45) is 15.9. The Morgan fingerprint density at radius 1 is 1.08 bits per heavy atom. The summed E-state index contributed by atoms with van der Waals surface area (Å²) in [6.45, 7) is 15.0. The van der Waals surface area contributed by atoms with Crippen molar-refractivity contribution in [2.45, 2.75) is 118 Å². The van der Waals surface area contributed by atoms with Crippen molar-refractivity contribution in [3.63, 3.8) is 0 Å². The molecule has 3 fully saturated rings. The minimum absolute atomic E-state index is 0.0641. The lowest BCUT2D eigenvalue weighted by atomic mass is 9.48. The van der Waals surface area contributed by atoms with Gasteiger partial charge in [-0.1, -0.05) is 70.7 Å². The highest BCUT2D eigenvalue weighted by Crippen LogP contribution is 2.66. The Morgan fingerprint density at radius 2 is 1.86 bits per heavy atom. The monoisotopic (exact) mass is 495 g/mol. The van der Waals surface area contributed by atoms with Crippen LogP contribution in [0.4, 0.5) is 0 Å². The van der Waals surface area contributed by atoms with Gasteiger partial charge in [0.15, 0.2) is 5.69 Å². The van der Waals surface area contributed by atoms with Crippen molar-refractivity contribution in [2.24, 2.45) is 46.3 Å². The fourth-order valence-electron chi connectivity index (χ4n) is 9.27. The van der Waals surface area contributed by atoms with Gasteiger partial charge < -0.3 is 5.11 Å². The molecule has 0 saturated heterocycles. The Bertz CT molecular complexity index is 1010. The molecule has 1 aromatic rings. The molecule has 0 radical (unpaired) electrons. The zero-order chi connectivity index (χ0) is 25.8.